The summed E-state index contributed by atoms with van der Waals surface area (Å²) in [7, 11) is 0. The van der Waals surface area contributed by atoms with Crippen molar-refractivity contribution >= 4 is 5.91 Å². The third kappa shape index (κ3) is 5.31. The van der Waals surface area contributed by atoms with E-state index in [-0.39, 0.29) is 12.0 Å². The Kier molecular flexibility index (Phi) is 7.02. The molecule has 1 amide bonds. The van der Waals surface area contributed by atoms with Gasteiger partial charge in [0.25, 0.3) is 0 Å². The average Bonchev–Trinajstić information content (AvgIpc) is 3.76. The van der Waals surface area contributed by atoms with Crippen molar-refractivity contribution in [2.24, 2.45) is 5.73 Å². The number of amides is 1. The van der Waals surface area contributed by atoms with E-state index in [0.717, 1.165) is 34.1 Å². The van der Waals surface area contributed by atoms with Crippen molar-refractivity contribution in [1.82, 2.24) is 24.3 Å². The van der Waals surface area contributed by atoms with Crippen LogP contribution in [0.2, 0.25) is 0 Å². The molecule has 3 atom stereocenters. The SMILES string of the molecule is CC(O)c1nc(C2COC(c3nccn3Cc3cc(-c4ccccc4)on3)C2)cn1Cc1cccc(C(N)=O)c1. The van der Waals surface area contributed by atoms with Gasteiger partial charge in [0.05, 0.1) is 18.8 Å². The van der Waals surface area contributed by atoms with Crippen molar-refractivity contribution < 1.29 is 19.2 Å². The molecule has 4 heterocycles. The lowest BCUT2D eigenvalue weighted by Crippen LogP contribution is -2.12. The summed E-state index contributed by atoms with van der Waals surface area (Å²) in [6, 6.07) is 19.0. The molecule has 1 aliphatic rings. The van der Waals surface area contributed by atoms with Gasteiger partial charge in [0.2, 0.25) is 5.91 Å². The Morgan fingerprint density at radius 2 is 1.98 bits per heavy atom. The van der Waals surface area contributed by atoms with Crippen LogP contribution in [0.15, 0.2) is 83.8 Å². The Balaban J connectivity index is 1.17. The van der Waals surface area contributed by atoms with Gasteiger partial charge in [-0.15, -0.1) is 0 Å². The molecule has 0 spiro atoms. The van der Waals surface area contributed by atoms with Gasteiger partial charge in [-0.1, -0.05) is 47.6 Å². The van der Waals surface area contributed by atoms with Crippen molar-refractivity contribution in [2.75, 3.05) is 6.61 Å². The van der Waals surface area contributed by atoms with E-state index in [9.17, 15) is 9.90 Å². The molecule has 0 bridgehead atoms. The summed E-state index contributed by atoms with van der Waals surface area (Å²) in [5.41, 5.74) is 9.42. The fourth-order valence-electron chi connectivity index (χ4n) is 5.18. The highest BCUT2D eigenvalue weighted by Gasteiger charge is 2.33. The van der Waals surface area contributed by atoms with Crippen molar-refractivity contribution in [3.8, 4) is 11.3 Å². The number of benzene rings is 2. The molecule has 5 aromatic rings. The number of carbonyl (C=O) groups is 1. The number of rotatable bonds is 9. The predicted molar refractivity (Wildman–Crippen MR) is 146 cm³/mol. The number of aliphatic hydroxyl groups is 1. The number of primary amides is 1. The number of ether oxygens (including phenoxy) is 1. The minimum absolute atomic E-state index is 0.0441. The van der Waals surface area contributed by atoms with Gasteiger partial charge >= 0.3 is 0 Å². The molecule has 6 rings (SSSR count). The molecule has 1 aliphatic heterocycles. The third-order valence-corrected chi connectivity index (χ3v) is 7.16. The van der Waals surface area contributed by atoms with Crippen molar-refractivity contribution in [3.05, 3.63) is 113 Å². The summed E-state index contributed by atoms with van der Waals surface area (Å²) >= 11 is 0. The Morgan fingerprint density at radius 1 is 1.12 bits per heavy atom. The van der Waals surface area contributed by atoms with Crippen LogP contribution in [0.3, 0.4) is 0 Å². The molecule has 0 saturated carbocycles. The Hall–Kier alpha value is -4.54. The second-order valence-corrected chi connectivity index (χ2v) is 10.1. The number of carbonyl (C=O) groups excluding carboxylic acids is 1. The molecule has 40 heavy (non-hydrogen) atoms. The van der Waals surface area contributed by atoms with Crippen molar-refractivity contribution in [2.45, 2.75) is 44.6 Å². The van der Waals surface area contributed by atoms with Crippen LogP contribution in [0.1, 0.15) is 70.4 Å². The standard InChI is InChI=1S/C30H30N6O4/c1-19(37)29-33-25(17-36(29)15-20-6-5-9-22(12-20)28(31)38)23-13-27(39-18-23)30-32-10-11-35(30)16-24-14-26(40-34-24)21-7-3-2-4-8-21/h2-12,14,17,19,23,27,37H,13,15-16,18H2,1H3,(H2,31,38). The predicted octanol–water partition coefficient (Wildman–Crippen LogP) is 4.23. The first kappa shape index (κ1) is 25.7. The molecule has 2 aromatic carbocycles. The van der Waals surface area contributed by atoms with Gasteiger partial charge in [-0.25, -0.2) is 9.97 Å². The number of hydrogen-bond donors (Lipinski definition) is 2. The third-order valence-electron chi connectivity index (χ3n) is 7.16. The van der Waals surface area contributed by atoms with Gasteiger partial charge < -0.3 is 29.2 Å². The second-order valence-electron chi connectivity index (χ2n) is 10.1. The number of nitrogens with two attached hydrogens (primary N) is 1. The lowest BCUT2D eigenvalue weighted by atomic mass is 10.0. The molecule has 204 valence electrons. The van der Waals surface area contributed by atoms with E-state index >= 15 is 0 Å². The zero-order chi connectivity index (χ0) is 27.6. The van der Waals surface area contributed by atoms with E-state index in [1.807, 2.05) is 64.0 Å². The molecule has 1 saturated heterocycles. The maximum Gasteiger partial charge on any atom is 0.248 e. The number of aliphatic hydroxyl groups excluding tert-OH is 1. The van der Waals surface area contributed by atoms with Crippen LogP contribution in [0.25, 0.3) is 11.3 Å². The van der Waals surface area contributed by atoms with Crippen molar-refractivity contribution in [3.63, 3.8) is 0 Å². The quantitative estimate of drug-likeness (QED) is 0.287. The van der Waals surface area contributed by atoms with Crippen LogP contribution >= 0.6 is 0 Å². The summed E-state index contributed by atoms with van der Waals surface area (Å²) in [6.07, 6.45) is 5.40. The minimum Gasteiger partial charge on any atom is -0.385 e. The van der Waals surface area contributed by atoms with Gasteiger partial charge in [-0.3, -0.25) is 4.79 Å². The maximum atomic E-state index is 11.6. The largest absolute Gasteiger partial charge is 0.385 e. The molecule has 3 N–H and O–H groups in total. The van der Waals surface area contributed by atoms with Crippen LogP contribution < -0.4 is 5.73 Å². The average molecular weight is 539 g/mol. The van der Waals surface area contributed by atoms with Crippen LogP contribution in [0, 0.1) is 0 Å². The molecule has 1 fully saturated rings. The van der Waals surface area contributed by atoms with E-state index in [1.165, 1.54) is 0 Å². The van der Waals surface area contributed by atoms with Crippen LogP contribution in [-0.4, -0.2) is 41.9 Å². The second kappa shape index (κ2) is 10.9. The zero-order valence-electron chi connectivity index (χ0n) is 22.1. The Bertz CT molecular complexity index is 1620. The van der Waals surface area contributed by atoms with Gasteiger partial charge in [0, 0.05) is 48.2 Å². The molecular weight excluding hydrogens is 508 g/mol. The molecule has 3 aromatic heterocycles. The van der Waals surface area contributed by atoms with Crippen LogP contribution in [0.5, 0.6) is 0 Å². The lowest BCUT2D eigenvalue weighted by molar-refractivity contribution is 0.0999. The molecule has 10 heteroatoms. The van der Waals surface area contributed by atoms with Gasteiger partial charge in [0.1, 0.15) is 29.6 Å². The highest BCUT2D eigenvalue weighted by atomic mass is 16.5. The summed E-state index contributed by atoms with van der Waals surface area (Å²) < 4.78 is 15.7. The maximum absolute atomic E-state index is 11.6. The summed E-state index contributed by atoms with van der Waals surface area (Å²) in [5.74, 6) is 1.68. The first-order valence-corrected chi connectivity index (χ1v) is 13.2. The number of hydrogen-bond acceptors (Lipinski definition) is 7. The number of aromatic nitrogens is 5. The zero-order valence-corrected chi connectivity index (χ0v) is 22.1. The normalized spacial score (nSPS) is 17.8. The van der Waals surface area contributed by atoms with E-state index in [1.54, 1.807) is 31.3 Å². The topological polar surface area (TPSA) is 134 Å². The molecular formula is C30H30N6O4. The monoisotopic (exact) mass is 538 g/mol. The minimum atomic E-state index is -0.756. The highest BCUT2D eigenvalue weighted by molar-refractivity contribution is 5.92. The van der Waals surface area contributed by atoms with E-state index in [4.69, 9.17) is 20.0 Å². The Morgan fingerprint density at radius 3 is 2.77 bits per heavy atom. The van der Waals surface area contributed by atoms with E-state index in [0.29, 0.717) is 37.5 Å². The first-order chi connectivity index (χ1) is 19.4. The summed E-state index contributed by atoms with van der Waals surface area (Å²) in [6.45, 7) is 3.16. The van der Waals surface area contributed by atoms with Crippen LogP contribution in [-0.2, 0) is 17.8 Å². The molecule has 0 aliphatic carbocycles. The molecule has 0 radical (unpaired) electrons. The van der Waals surface area contributed by atoms with Gasteiger partial charge in [0.15, 0.2) is 5.76 Å². The molecule has 10 nitrogen and oxygen atoms in total. The Labute approximate surface area is 231 Å². The number of nitrogens with zero attached hydrogens (tertiary/aromatic N) is 5. The van der Waals surface area contributed by atoms with E-state index < -0.39 is 12.0 Å². The first-order valence-electron chi connectivity index (χ1n) is 13.2. The van der Waals surface area contributed by atoms with E-state index in [2.05, 4.69) is 10.1 Å². The fraction of sp³-hybridized carbons (Fsp3) is 0.267. The van der Waals surface area contributed by atoms with Crippen LogP contribution in [0.4, 0.5) is 0 Å². The molecule has 3 unspecified atom stereocenters. The van der Waals surface area contributed by atoms with Gasteiger partial charge in [-0.05, 0) is 31.0 Å². The number of imidazole rings is 2. The summed E-state index contributed by atoms with van der Waals surface area (Å²) in [4.78, 5) is 21.0. The smallest absolute Gasteiger partial charge is 0.248 e. The summed E-state index contributed by atoms with van der Waals surface area (Å²) in [5, 5.41) is 14.7. The lowest BCUT2D eigenvalue weighted by Gasteiger charge is -2.11. The van der Waals surface area contributed by atoms with Gasteiger partial charge in [-0.2, -0.15) is 0 Å². The fourth-order valence-corrected chi connectivity index (χ4v) is 5.18. The van der Waals surface area contributed by atoms with Crippen molar-refractivity contribution in [1.29, 1.82) is 0 Å². The highest BCUT2D eigenvalue weighted by Crippen LogP contribution is 2.38.